The maximum absolute atomic E-state index is 12.5. The van der Waals surface area contributed by atoms with Gasteiger partial charge < -0.3 is 10.2 Å². The number of nitrogens with one attached hydrogen (secondary N) is 1. The summed E-state index contributed by atoms with van der Waals surface area (Å²) in [5.41, 5.74) is -0.529. The molecule has 0 atom stereocenters. The van der Waals surface area contributed by atoms with Crippen LogP contribution in [-0.4, -0.2) is 35.3 Å². The molecule has 94 valence electrons. The van der Waals surface area contributed by atoms with Gasteiger partial charge in [0.2, 0.25) is 11.8 Å². The van der Waals surface area contributed by atoms with Crippen LogP contribution >= 0.6 is 0 Å². The predicted molar refractivity (Wildman–Crippen MR) is 63.3 cm³/mol. The van der Waals surface area contributed by atoms with Gasteiger partial charge in [0.25, 0.3) is 0 Å². The Balaban J connectivity index is 1.74. The minimum absolute atomic E-state index is 0.0332. The maximum Gasteiger partial charge on any atom is 0.248 e. The molecule has 1 spiro atoms. The van der Waals surface area contributed by atoms with E-state index in [4.69, 9.17) is 0 Å². The van der Waals surface area contributed by atoms with Crippen molar-refractivity contribution in [2.75, 3.05) is 13.1 Å². The third kappa shape index (κ3) is 1.83. The molecular formula is C13H20N2O2. The third-order valence-electron chi connectivity index (χ3n) is 4.57. The summed E-state index contributed by atoms with van der Waals surface area (Å²) in [6, 6.07) is 0. The summed E-state index contributed by atoms with van der Waals surface area (Å²) >= 11 is 0. The number of carbonyl (C=O) groups excluding carboxylic acids is 2. The third-order valence-corrected chi connectivity index (χ3v) is 4.57. The van der Waals surface area contributed by atoms with Crippen LogP contribution in [0.2, 0.25) is 0 Å². The number of nitrogens with zero attached hydrogens (tertiary/aromatic N) is 1. The molecule has 2 saturated carbocycles. The molecule has 0 unspecified atom stereocenters. The first-order valence-electron chi connectivity index (χ1n) is 6.80. The van der Waals surface area contributed by atoms with Crippen molar-refractivity contribution in [1.82, 2.24) is 10.2 Å². The normalized spacial score (nSPS) is 28.4. The van der Waals surface area contributed by atoms with Crippen LogP contribution in [0.1, 0.15) is 44.9 Å². The van der Waals surface area contributed by atoms with Gasteiger partial charge in [0, 0.05) is 6.54 Å². The van der Waals surface area contributed by atoms with E-state index in [1.807, 2.05) is 4.90 Å². The summed E-state index contributed by atoms with van der Waals surface area (Å²) in [6.45, 7) is 1.07. The van der Waals surface area contributed by atoms with Crippen LogP contribution in [0.5, 0.6) is 0 Å². The average molecular weight is 236 g/mol. The number of hydrogen-bond acceptors (Lipinski definition) is 2. The summed E-state index contributed by atoms with van der Waals surface area (Å²) in [4.78, 5) is 26.1. The molecule has 17 heavy (non-hydrogen) atoms. The molecule has 0 bridgehead atoms. The molecule has 0 aromatic heterocycles. The van der Waals surface area contributed by atoms with Crippen LogP contribution in [0.25, 0.3) is 0 Å². The molecule has 1 saturated heterocycles. The first-order valence-corrected chi connectivity index (χ1v) is 6.80. The molecule has 2 amide bonds. The first kappa shape index (κ1) is 11.1. The van der Waals surface area contributed by atoms with Gasteiger partial charge in [-0.2, -0.15) is 0 Å². The molecule has 3 fully saturated rings. The van der Waals surface area contributed by atoms with Gasteiger partial charge in [-0.3, -0.25) is 9.59 Å². The highest BCUT2D eigenvalue weighted by Crippen LogP contribution is 2.35. The van der Waals surface area contributed by atoms with E-state index in [0.29, 0.717) is 5.92 Å². The first-order chi connectivity index (χ1) is 8.20. The summed E-state index contributed by atoms with van der Waals surface area (Å²) in [5.74, 6) is 0.857. The van der Waals surface area contributed by atoms with E-state index in [9.17, 15) is 9.59 Å². The highest BCUT2D eigenvalue weighted by Gasteiger charge is 2.48. The van der Waals surface area contributed by atoms with Gasteiger partial charge in [-0.1, -0.05) is 19.3 Å². The van der Waals surface area contributed by atoms with Crippen molar-refractivity contribution in [2.24, 2.45) is 5.92 Å². The lowest BCUT2D eigenvalue weighted by molar-refractivity contribution is -0.150. The van der Waals surface area contributed by atoms with Crippen molar-refractivity contribution in [3.8, 4) is 0 Å². The summed E-state index contributed by atoms with van der Waals surface area (Å²) in [7, 11) is 0. The largest absolute Gasteiger partial charge is 0.340 e. The lowest BCUT2D eigenvalue weighted by Gasteiger charge is -2.42. The van der Waals surface area contributed by atoms with Crippen LogP contribution in [0.15, 0.2) is 0 Å². The lowest BCUT2D eigenvalue weighted by atomic mass is 9.84. The van der Waals surface area contributed by atoms with Crippen molar-refractivity contribution < 1.29 is 9.59 Å². The van der Waals surface area contributed by atoms with E-state index in [0.717, 1.165) is 32.2 Å². The van der Waals surface area contributed by atoms with Crippen molar-refractivity contribution in [3.05, 3.63) is 0 Å². The van der Waals surface area contributed by atoms with Gasteiger partial charge in [0.05, 0.1) is 6.54 Å². The Morgan fingerprint density at radius 2 is 1.88 bits per heavy atom. The van der Waals surface area contributed by atoms with Crippen molar-refractivity contribution in [2.45, 2.75) is 50.5 Å². The number of hydrogen-bond donors (Lipinski definition) is 1. The zero-order valence-electron chi connectivity index (χ0n) is 10.2. The zero-order chi connectivity index (χ0) is 11.9. The smallest absolute Gasteiger partial charge is 0.248 e. The fraction of sp³-hybridized carbons (Fsp3) is 0.846. The Hall–Kier alpha value is -1.06. The molecule has 1 heterocycles. The minimum atomic E-state index is -0.529. The SMILES string of the molecule is O=C1CN(CC2CCC2)C(=O)C2(CCCC2)N1. The number of rotatable bonds is 2. The Kier molecular flexibility index (Phi) is 2.60. The molecule has 1 N–H and O–H groups in total. The number of amides is 2. The van der Waals surface area contributed by atoms with Gasteiger partial charge in [-0.05, 0) is 31.6 Å². The van der Waals surface area contributed by atoms with Crippen molar-refractivity contribution in [1.29, 1.82) is 0 Å². The van der Waals surface area contributed by atoms with Crippen LogP contribution < -0.4 is 5.32 Å². The van der Waals surface area contributed by atoms with E-state index in [-0.39, 0.29) is 18.4 Å². The molecule has 3 aliphatic rings. The van der Waals surface area contributed by atoms with Gasteiger partial charge in [0.15, 0.2) is 0 Å². The van der Waals surface area contributed by atoms with E-state index < -0.39 is 5.54 Å². The van der Waals surface area contributed by atoms with E-state index in [1.54, 1.807) is 0 Å². The van der Waals surface area contributed by atoms with Crippen molar-refractivity contribution >= 4 is 11.8 Å². The molecule has 3 rings (SSSR count). The fourth-order valence-corrected chi connectivity index (χ4v) is 3.36. The Morgan fingerprint density at radius 3 is 2.47 bits per heavy atom. The van der Waals surface area contributed by atoms with Crippen LogP contribution in [0.4, 0.5) is 0 Å². The standard InChI is InChI=1S/C13H20N2O2/c16-11-9-15(8-10-4-3-5-10)12(17)13(14-11)6-1-2-7-13/h10H,1-9H2,(H,14,16). The van der Waals surface area contributed by atoms with Crippen LogP contribution in [0.3, 0.4) is 0 Å². The van der Waals surface area contributed by atoms with Crippen LogP contribution in [-0.2, 0) is 9.59 Å². The predicted octanol–water partition coefficient (Wildman–Crippen LogP) is 1.06. The average Bonchev–Trinajstić information content (AvgIpc) is 2.68. The Labute approximate surface area is 102 Å². The number of piperazine rings is 1. The molecule has 4 nitrogen and oxygen atoms in total. The molecule has 1 aliphatic heterocycles. The summed E-state index contributed by atoms with van der Waals surface area (Å²) in [5, 5.41) is 2.95. The molecule has 0 radical (unpaired) electrons. The van der Waals surface area contributed by atoms with Crippen molar-refractivity contribution in [3.63, 3.8) is 0 Å². The number of carbonyl (C=O) groups is 2. The Bertz CT molecular complexity index is 343. The molecule has 4 heteroatoms. The minimum Gasteiger partial charge on any atom is -0.340 e. The second-order valence-corrected chi connectivity index (χ2v) is 5.82. The van der Waals surface area contributed by atoms with Gasteiger partial charge in [-0.25, -0.2) is 0 Å². The topological polar surface area (TPSA) is 49.4 Å². The van der Waals surface area contributed by atoms with Gasteiger partial charge in [0.1, 0.15) is 5.54 Å². The van der Waals surface area contributed by atoms with E-state index in [2.05, 4.69) is 5.32 Å². The highest BCUT2D eigenvalue weighted by molar-refractivity contribution is 5.98. The lowest BCUT2D eigenvalue weighted by Crippen LogP contribution is -2.66. The Morgan fingerprint density at radius 1 is 1.18 bits per heavy atom. The van der Waals surface area contributed by atoms with Gasteiger partial charge in [-0.15, -0.1) is 0 Å². The molecular weight excluding hydrogens is 216 g/mol. The fourth-order valence-electron chi connectivity index (χ4n) is 3.36. The van der Waals surface area contributed by atoms with Crippen LogP contribution in [0, 0.1) is 5.92 Å². The maximum atomic E-state index is 12.5. The second-order valence-electron chi connectivity index (χ2n) is 5.82. The van der Waals surface area contributed by atoms with E-state index in [1.165, 1.54) is 19.3 Å². The zero-order valence-corrected chi connectivity index (χ0v) is 10.2. The molecule has 0 aromatic carbocycles. The van der Waals surface area contributed by atoms with E-state index >= 15 is 0 Å². The monoisotopic (exact) mass is 236 g/mol. The van der Waals surface area contributed by atoms with Gasteiger partial charge >= 0.3 is 0 Å². The second kappa shape index (κ2) is 4.00. The summed E-state index contributed by atoms with van der Waals surface area (Å²) < 4.78 is 0. The molecule has 2 aliphatic carbocycles. The quantitative estimate of drug-likeness (QED) is 0.779. The highest BCUT2D eigenvalue weighted by atomic mass is 16.2. The summed E-state index contributed by atoms with van der Waals surface area (Å²) in [6.07, 6.45) is 7.50. The molecule has 0 aromatic rings.